The highest BCUT2D eigenvalue weighted by Gasteiger charge is 2.15. The first kappa shape index (κ1) is 15.8. The number of nitrogens with zero attached hydrogens (tertiary/aromatic N) is 1. The lowest BCUT2D eigenvalue weighted by Gasteiger charge is -2.15. The molecule has 2 aromatic rings. The van der Waals surface area contributed by atoms with E-state index in [-0.39, 0.29) is 5.91 Å². The van der Waals surface area contributed by atoms with E-state index in [9.17, 15) is 4.79 Å². The van der Waals surface area contributed by atoms with Crippen LogP contribution >= 0.6 is 27.5 Å². The molecule has 0 aliphatic heterocycles. The van der Waals surface area contributed by atoms with Gasteiger partial charge in [0, 0.05) is 23.4 Å². The number of amides is 1. The fraction of sp³-hybridized carbons (Fsp3) is 0.200. The highest BCUT2D eigenvalue weighted by Crippen LogP contribution is 2.28. The first-order chi connectivity index (χ1) is 10.1. The number of ether oxygens (including phenoxy) is 1. The topological polar surface area (TPSA) is 51.2 Å². The molecule has 1 N–H and O–H groups in total. The average molecular weight is 370 g/mol. The van der Waals surface area contributed by atoms with Crippen LogP contribution < -0.4 is 10.1 Å². The van der Waals surface area contributed by atoms with Crippen molar-refractivity contribution < 1.29 is 9.53 Å². The summed E-state index contributed by atoms with van der Waals surface area (Å²) in [5.41, 5.74) is 0.930. The monoisotopic (exact) mass is 368 g/mol. The van der Waals surface area contributed by atoms with Gasteiger partial charge in [0.15, 0.2) is 6.10 Å². The van der Waals surface area contributed by atoms with Crippen LogP contribution in [0.15, 0.2) is 47.2 Å². The largest absolute Gasteiger partial charge is 0.479 e. The molecule has 4 nitrogen and oxygen atoms in total. The van der Waals surface area contributed by atoms with E-state index in [1.54, 1.807) is 31.5 Å². The van der Waals surface area contributed by atoms with E-state index in [1.807, 2.05) is 18.2 Å². The Bertz CT molecular complexity index is 622. The zero-order chi connectivity index (χ0) is 15.2. The van der Waals surface area contributed by atoms with Crippen LogP contribution in [-0.2, 0) is 11.3 Å². The Morgan fingerprint density at radius 2 is 2.29 bits per heavy atom. The molecule has 21 heavy (non-hydrogen) atoms. The Morgan fingerprint density at radius 3 is 2.95 bits per heavy atom. The van der Waals surface area contributed by atoms with Crippen molar-refractivity contribution in [2.45, 2.75) is 19.6 Å². The summed E-state index contributed by atoms with van der Waals surface area (Å²) in [6.45, 7) is 2.09. The minimum atomic E-state index is -0.639. The molecule has 0 saturated carbocycles. The molecular formula is C15H14BrClN2O2. The van der Waals surface area contributed by atoms with Gasteiger partial charge in [-0.2, -0.15) is 0 Å². The number of nitrogens with one attached hydrogen (secondary N) is 1. The number of aromatic nitrogens is 1. The van der Waals surface area contributed by atoms with Crippen molar-refractivity contribution in [1.29, 1.82) is 0 Å². The summed E-state index contributed by atoms with van der Waals surface area (Å²) in [5, 5.41) is 3.25. The van der Waals surface area contributed by atoms with Crippen molar-refractivity contribution in [3.8, 4) is 5.75 Å². The number of carbonyl (C=O) groups is 1. The summed E-state index contributed by atoms with van der Waals surface area (Å²) in [6, 6.07) is 8.96. The molecule has 1 heterocycles. The SMILES string of the molecule is CC(Oc1ccc(Br)cc1Cl)C(=O)NCc1cccnc1. The molecule has 0 radical (unpaired) electrons. The minimum Gasteiger partial charge on any atom is -0.479 e. The van der Waals surface area contributed by atoms with Crippen molar-refractivity contribution in [1.82, 2.24) is 10.3 Å². The summed E-state index contributed by atoms with van der Waals surface area (Å²) < 4.78 is 6.43. The van der Waals surface area contributed by atoms with Crippen molar-refractivity contribution >= 4 is 33.4 Å². The molecule has 0 aliphatic rings. The Morgan fingerprint density at radius 1 is 1.48 bits per heavy atom. The Kier molecular flexibility index (Phi) is 5.59. The molecule has 1 unspecified atom stereocenters. The van der Waals surface area contributed by atoms with Crippen LogP contribution in [0.3, 0.4) is 0 Å². The molecule has 110 valence electrons. The second-order valence-corrected chi connectivity index (χ2v) is 5.74. The normalized spacial score (nSPS) is 11.8. The van der Waals surface area contributed by atoms with Crippen LogP contribution in [0.2, 0.25) is 5.02 Å². The number of hydrogen-bond donors (Lipinski definition) is 1. The quantitative estimate of drug-likeness (QED) is 0.876. The Balaban J connectivity index is 1.90. The van der Waals surface area contributed by atoms with E-state index in [4.69, 9.17) is 16.3 Å². The smallest absolute Gasteiger partial charge is 0.261 e. The molecule has 1 aromatic carbocycles. The fourth-order valence-electron chi connectivity index (χ4n) is 1.65. The lowest BCUT2D eigenvalue weighted by Crippen LogP contribution is -2.35. The third-order valence-electron chi connectivity index (χ3n) is 2.76. The van der Waals surface area contributed by atoms with Gasteiger partial charge in [-0.3, -0.25) is 9.78 Å². The number of hydrogen-bond acceptors (Lipinski definition) is 3. The van der Waals surface area contributed by atoms with Crippen LogP contribution in [0.1, 0.15) is 12.5 Å². The first-order valence-electron chi connectivity index (χ1n) is 6.34. The predicted octanol–water partition coefficient (Wildman–Crippen LogP) is 3.58. The van der Waals surface area contributed by atoms with E-state index in [0.29, 0.717) is 17.3 Å². The summed E-state index contributed by atoms with van der Waals surface area (Å²) in [5.74, 6) is 0.265. The van der Waals surface area contributed by atoms with Crippen LogP contribution in [0.4, 0.5) is 0 Å². The van der Waals surface area contributed by atoms with Crippen LogP contribution in [0, 0.1) is 0 Å². The number of benzene rings is 1. The van der Waals surface area contributed by atoms with Gasteiger partial charge in [0.05, 0.1) is 5.02 Å². The van der Waals surface area contributed by atoms with Gasteiger partial charge in [0.2, 0.25) is 0 Å². The molecule has 0 bridgehead atoms. The van der Waals surface area contributed by atoms with Gasteiger partial charge in [-0.25, -0.2) is 0 Å². The second kappa shape index (κ2) is 7.43. The fourth-order valence-corrected chi connectivity index (χ4v) is 2.37. The maximum absolute atomic E-state index is 12.0. The van der Waals surface area contributed by atoms with Gasteiger partial charge in [-0.15, -0.1) is 0 Å². The molecule has 1 amide bonds. The first-order valence-corrected chi connectivity index (χ1v) is 7.51. The van der Waals surface area contributed by atoms with Gasteiger partial charge in [0.25, 0.3) is 5.91 Å². The molecule has 0 fully saturated rings. The van der Waals surface area contributed by atoms with Crippen molar-refractivity contribution in [2.75, 3.05) is 0 Å². The van der Waals surface area contributed by atoms with Crippen LogP contribution in [-0.4, -0.2) is 17.0 Å². The molecule has 0 saturated heterocycles. The van der Waals surface area contributed by atoms with Gasteiger partial charge in [0.1, 0.15) is 5.75 Å². The predicted molar refractivity (Wildman–Crippen MR) is 85.3 cm³/mol. The Labute approximate surface area is 136 Å². The average Bonchev–Trinajstić information content (AvgIpc) is 2.48. The lowest BCUT2D eigenvalue weighted by molar-refractivity contribution is -0.127. The van der Waals surface area contributed by atoms with E-state index >= 15 is 0 Å². The molecule has 1 atom stereocenters. The van der Waals surface area contributed by atoms with Gasteiger partial charge in [-0.1, -0.05) is 33.6 Å². The highest BCUT2D eigenvalue weighted by atomic mass is 79.9. The molecule has 0 aliphatic carbocycles. The summed E-state index contributed by atoms with van der Waals surface area (Å²) >= 11 is 9.37. The van der Waals surface area contributed by atoms with Gasteiger partial charge >= 0.3 is 0 Å². The maximum atomic E-state index is 12.0. The van der Waals surface area contributed by atoms with E-state index in [0.717, 1.165) is 10.0 Å². The molecular weight excluding hydrogens is 356 g/mol. The van der Waals surface area contributed by atoms with Crippen molar-refractivity contribution in [3.05, 3.63) is 57.8 Å². The second-order valence-electron chi connectivity index (χ2n) is 4.41. The third-order valence-corrected chi connectivity index (χ3v) is 3.55. The molecule has 6 heteroatoms. The summed E-state index contributed by atoms with van der Waals surface area (Å²) in [6.07, 6.45) is 2.75. The zero-order valence-electron chi connectivity index (χ0n) is 11.3. The van der Waals surface area contributed by atoms with E-state index in [2.05, 4.69) is 26.2 Å². The number of carbonyl (C=O) groups excluding carboxylic acids is 1. The number of halogens is 2. The summed E-state index contributed by atoms with van der Waals surface area (Å²) in [7, 11) is 0. The maximum Gasteiger partial charge on any atom is 0.261 e. The van der Waals surface area contributed by atoms with Crippen molar-refractivity contribution in [2.24, 2.45) is 0 Å². The van der Waals surface area contributed by atoms with Gasteiger partial charge < -0.3 is 10.1 Å². The lowest BCUT2D eigenvalue weighted by atomic mass is 10.2. The molecule has 0 spiro atoms. The standard InChI is InChI=1S/C15H14BrClN2O2/c1-10(21-14-5-4-12(16)7-13(14)17)15(20)19-9-11-3-2-6-18-8-11/h2-8,10H,9H2,1H3,(H,19,20). The third kappa shape index (κ3) is 4.72. The minimum absolute atomic E-state index is 0.210. The zero-order valence-corrected chi connectivity index (χ0v) is 13.7. The summed E-state index contributed by atoms with van der Waals surface area (Å²) in [4.78, 5) is 16.0. The Hall–Kier alpha value is -1.59. The van der Waals surface area contributed by atoms with Crippen LogP contribution in [0.5, 0.6) is 5.75 Å². The highest BCUT2D eigenvalue weighted by molar-refractivity contribution is 9.10. The van der Waals surface area contributed by atoms with E-state index < -0.39 is 6.10 Å². The number of pyridine rings is 1. The van der Waals surface area contributed by atoms with E-state index in [1.165, 1.54) is 0 Å². The number of rotatable bonds is 5. The molecule has 2 rings (SSSR count). The van der Waals surface area contributed by atoms with Crippen molar-refractivity contribution in [3.63, 3.8) is 0 Å². The molecule has 1 aromatic heterocycles. The van der Waals surface area contributed by atoms with Crippen LogP contribution in [0.25, 0.3) is 0 Å². The van der Waals surface area contributed by atoms with Gasteiger partial charge in [-0.05, 0) is 36.8 Å².